The highest BCUT2D eigenvalue weighted by Gasteiger charge is 2.12. The standard InChI is InChI=1S/C22H23N5O2/c1-15-23-20(25-17-6-4-16(5-7-17)22(28)29)14-21(24-15)26-18-8-10-19(11-9-18)27-12-2-3-13-27/h4-11,14H,2-3,12-13H2,1H3,(H,28,29)(H2,23,24,25,26). The lowest BCUT2D eigenvalue weighted by Crippen LogP contribution is -2.17. The second-order valence-corrected chi connectivity index (χ2v) is 7.06. The van der Waals surface area contributed by atoms with Gasteiger partial charge in [0.05, 0.1) is 5.56 Å². The van der Waals surface area contributed by atoms with Gasteiger partial charge < -0.3 is 20.6 Å². The Bertz CT molecular complexity index is 997. The molecule has 3 N–H and O–H groups in total. The number of hydrogen-bond acceptors (Lipinski definition) is 6. The fourth-order valence-electron chi connectivity index (χ4n) is 3.42. The van der Waals surface area contributed by atoms with Crippen LogP contribution in [0.2, 0.25) is 0 Å². The van der Waals surface area contributed by atoms with E-state index in [0.717, 1.165) is 24.5 Å². The lowest BCUT2D eigenvalue weighted by Gasteiger charge is -2.18. The maximum atomic E-state index is 11.0. The first-order valence-corrected chi connectivity index (χ1v) is 9.65. The fraction of sp³-hybridized carbons (Fsp3) is 0.227. The maximum Gasteiger partial charge on any atom is 0.335 e. The van der Waals surface area contributed by atoms with E-state index in [1.54, 1.807) is 24.3 Å². The third-order valence-corrected chi connectivity index (χ3v) is 4.85. The molecule has 7 heteroatoms. The third kappa shape index (κ3) is 4.63. The van der Waals surface area contributed by atoms with Crippen molar-refractivity contribution in [1.29, 1.82) is 0 Å². The highest BCUT2D eigenvalue weighted by molar-refractivity contribution is 5.88. The van der Waals surface area contributed by atoms with Gasteiger partial charge in [0, 0.05) is 36.2 Å². The van der Waals surface area contributed by atoms with Gasteiger partial charge in [0.1, 0.15) is 17.5 Å². The molecule has 29 heavy (non-hydrogen) atoms. The lowest BCUT2D eigenvalue weighted by atomic mass is 10.2. The van der Waals surface area contributed by atoms with E-state index in [2.05, 4.69) is 49.8 Å². The van der Waals surface area contributed by atoms with Gasteiger partial charge in [-0.25, -0.2) is 14.8 Å². The Morgan fingerprint density at radius 2 is 1.41 bits per heavy atom. The van der Waals surface area contributed by atoms with Gasteiger partial charge in [0.15, 0.2) is 0 Å². The molecule has 2 heterocycles. The Balaban J connectivity index is 1.47. The number of anilines is 5. The SMILES string of the molecule is Cc1nc(Nc2ccc(C(=O)O)cc2)cc(Nc2ccc(N3CCCC3)cc2)n1. The lowest BCUT2D eigenvalue weighted by molar-refractivity contribution is 0.0697. The summed E-state index contributed by atoms with van der Waals surface area (Å²) in [5.74, 6) is 1.01. The first-order chi connectivity index (χ1) is 14.1. The van der Waals surface area contributed by atoms with E-state index >= 15 is 0 Å². The molecule has 0 spiro atoms. The van der Waals surface area contributed by atoms with Crippen molar-refractivity contribution < 1.29 is 9.90 Å². The Morgan fingerprint density at radius 3 is 1.93 bits per heavy atom. The zero-order valence-electron chi connectivity index (χ0n) is 16.2. The topological polar surface area (TPSA) is 90.4 Å². The van der Waals surface area contributed by atoms with Crippen LogP contribution in [-0.2, 0) is 0 Å². The monoisotopic (exact) mass is 389 g/mol. The predicted octanol–water partition coefficient (Wildman–Crippen LogP) is 4.57. The van der Waals surface area contributed by atoms with Crippen molar-refractivity contribution in [2.45, 2.75) is 19.8 Å². The van der Waals surface area contributed by atoms with E-state index in [1.807, 2.05) is 13.0 Å². The molecule has 0 amide bonds. The molecule has 7 nitrogen and oxygen atoms in total. The number of hydrogen-bond donors (Lipinski definition) is 3. The molecule has 3 aromatic rings. The minimum absolute atomic E-state index is 0.245. The van der Waals surface area contributed by atoms with Crippen LogP contribution in [0.25, 0.3) is 0 Å². The van der Waals surface area contributed by atoms with Crippen LogP contribution >= 0.6 is 0 Å². The minimum atomic E-state index is -0.948. The quantitative estimate of drug-likeness (QED) is 0.569. The number of rotatable bonds is 6. The van der Waals surface area contributed by atoms with Crippen LogP contribution in [0.15, 0.2) is 54.6 Å². The van der Waals surface area contributed by atoms with E-state index in [0.29, 0.717) is 17.5 Å². The normalized spacial score (nSPS) is 13.3. The highest BCUT2D eigenvalue weighted by Crippen LogP contribution is 2.25. The summed E-state index contributed by atoms with van der Waals surface area (Å²) in [4.78, 5) is 22.2. The summed E-state index contributed by atoms with van der Waals surface area (Å²) in [7, 11) is 0. The zero-order valence-corrected chi connectivity index (χ0v) is 16.2. The second kappa shape index (κ2) is 8.18. The molecule has 0 bridgehead atoms. The second-order valence-electron chi connectivity index (χ2n) is 7.06. The highest BCUT2D eigenvalue weighted by atomic mass is 16.4. The first kappa shape index (κ1) is 18.7. The Morgan fingerprint density at radius 1 is 0.897 bits per heavy atom. The summed E-state index contributed by atoms with van der Waals surface area (Å²) in [6.45, 7) is 4.08. The molecule has 148 valence electrons. The average molecular weight is 389 g/mol. The van der Waals surface area contributed by atoms with Crippen molar-refractivity contribution in [2.75, 3.05) is 28.6 Å². The molecule has 1 saturated heterocycles. The molecule has 0 aliphatic carbocycles. The van der Waals surface area contributed by atoms with Crippen LogP contribution in [0.4, 0.5) is 28.7 Å². The molecule has 0 unspecified atom stereocenters. The molecule has 0 atom stereocenters. The molecule has 1 aliphatic heterocycles. The molecule has 4 rings (SSSR count). The van der Waals surface area contributed by atoms with Gasteiger partial charge in [0.2, 0.25) is 0 Å². The predicted molar refractivity (Wildman–Crippen MR) is 115 cm³/mol. The van der Waals surface area contributed by atoms with Crippen molar-refractivity contribution in [3.63, 3.8) is 0 Å². The van der Waals surface area contributed by atoms with Crippen molar-refractivity contribution >= 4 is 34.7 Å². The summed E-state index contributed by atoms with van der Waals surface area (Å²) in [5.41, 5.74) is 3.21. The van der Waals surface area contributed by atoms with E-state index < -0.39 is 5.97 Å². The largest absolute Gasteiger partial charge is 0.478 e. The summed E-state index contributed by atoms with van der Waals surface area (Å²) in [5, 5.41) is 15.5. The van der Waals surface area contributed by atoms with Crippen LogP contribution in [-0.4, -0.2) is 34.1 Å². The minimum Gasteiger partial charge on any atom is -0.478 e. The Hall–Kier alpha value is -3.61. The Labute approximate surface area is 169 Å². The van der Waals surface area contributed by atoms with Gasteiger partial charge in [-0.3, -0.25) is 0 Å². The molecule has 0 saturated carbocycles. The van der Waals surface area contributed by atoms with Crippen LogP contribution in [0, 0.1) is 6.92 Å². The van der Waals surface area contributed by atoms with Gasteiger partial charge in [-0.15, -0.1) is 0 Å². The number of nitrogens with zero attached hydrogens (tertiary/aromatic N) is 3. The van der Waals surface area contributed by atoms with E-state index in [-0.39, 0.29) is 5.56 Å². The number of aromatic carboxylic acids is 1. The number of carbonyl (C=O) groups is 1. The van der Waals surface area contributed by atoms with E-state index in [1.165, 1.54) is 18.5 Å². The average Bonchev–Trinajstić information content (AvgIpc) is 3.23. The Kier molecular flexibility index (Phi) is 5.29. The van der Waals surface area contributed by atoms with Gasteiger partial charge >= 0.3 is 5.97 Å². The fourth-order valence-corrected chi connectivity index (χ4v) is 3.42. The van der Waals surface area contributed by atoms with Crippen molar-refractivity contribution in [1.82, 2.24) is 9.97 Å². The number of carboxylic acids is 1. The van der Waals surface area contributed by atoms with Crippen LogP contribution < -0.4 is 15.5 Å². The van der Waals surface area contributed by atoms with Gasteiger partial charge in [-0.05, 0) is 68.3 Å². The molecule has 0 radical (unpaired) electrons. The maximum absolute atomic E-state index is 11.0. The molecule has 2 aromatic carbocycles. The van der Waals surface area contributed by atoms with Crippen molar-refractivity contribution in [2.24, 2.45) is 0 Å². The molecular weight excluding hydrogens is 366 g/mol. The smallest absolute Gasteiger partial charge is 0.335 e. The van der Waals surface area contributed by atoms with Crippen molar-refractivity contribution in [3.8, 4) is 0 Å². The molecule has 1 aliphatic rings. The number of aromatic nitrogens is 2. The number of carboxylic acid groups (broad SMARTS) is 1. The molecular formula is C22H23N5O2. The van der Waals surface area contributed by atoms with Crippen LogP contribution in [0.1, 0.15) is 29.0 Å². The van der Waals surface area contributed by atoms with Gasteiger partial charge in [-0.1, -0.05) is 0 Å². The van der Waals surface area contributed by atoms with Gasteiger partial charge in [-0.2, -0.15) is 0 Å². The van der Waals surface area contributed by atoms with Crippen LogP contribution in [0.5, 0.6) is 0 Å². The number of nitrogens with one attached hydrogen (secondary N) is 2. The third-order valence-electron chi connectivity index (χ3n) is 4.85. The number of aryl methyl sites for hydroxylation is 1. The molecule has 1 fully saturated rings. The number of benzene rings is 2. The molecule has 1 aromatic heterocycles. The van der Waals surface area contributed by atoms with E-state index in [4.69, 9.17) is 5.11 Å². The first-order valence-electron chi connectivity index (χ1n) is 9.65. The van der Waals surface area contributed by atoms with Gasteiger partial charge in [0.25, 0.3) is 0 Å². The summed E-state index contributed by atoms with van der Waals surface area (Å²) >= 11 is 0. The zero-order chi connectivity index (χ0) is 20.2. The summed E-state index contributed by atoms with van der Waals surface area (Å²) < 4.78 is 0. The van der Waals surface area contributed by atoms with E-state index in [9.17, 15) is 4.79 Å². The van der Waals surface area contributed by atoms with Crippen molar-refractivity contribution in [3.05, 3.63) is 66.0 Å². The summed E-state index contributed by atoms with van der Waals surface area (Å²) in [6, 6.07) is 16.7. The summed E-state index contributed by atoms with van der Waals surface area (Å²) in [6.07, 6.45) is 2.52. The van der Waals surface area contributed by atoms with Crippen LogP contribution in [0.3, 0.4) is 0 Å².